The molecule has 0 unspecified atom stereocenters. The fourth-order valence-corrected chi connectivity index (χ4v) is 5.55. The van der Waals surface area contributed by atoms with Crippen LogP contribution in [-0.4, -0.2) is 34.0 Å². The molecule has 0 spiro atoms. The highest BCUT2D eigenvalue weighted by atomic mass is 79.9. The van der Waals surface area contributed by atoms with Crippen LogP contribution in [0.15, 0.2) is 88.2 Å². The van der Waals surface area contributed by atoms with E-state index in [0.29, 0.717) is 11.4 Å². The zero-order valence-electron chi connectivity index (χ0n) is 17.4. The molecule has 0 saturated carbocycles. The third-order valence-electron chi connectivity index (χ3n) is 5.34. The topological polar surface area (TPSA) is 69.7 Å². The molecule has 32 heavy (non-hydrogen) atoms. The molecule has 1 saturated heterocycles. The van der Waals surface area contributed by atoms with E-state index < -0.39 is 15.9 Å². The van der Waals surface area contributed by atoms with Crippen LogP contribution in [0.2, 0.25) is 0 Å². The molecular weight excluding hydrogens is 490 g/mol. The van der Waals surface area contributed by atoms with Gasteiger partial charge in [-0.15, -0.1) is 0 Å². The summed E-state index contributed by atoms with van der Waals surface area (Å²) in [5.74, 6) is -0.418. The molecule has 0 atom stereocenters. The summed E-state index contributed by atoms with van der Waals surface area (Å²) in [5.41, 5.74) is 2.16. The van der Waals surface area contributed by atoms with E-state index in [4.69, 9.17) is 0 Å². The van der Waals surface area contributed by atoms with Crippen molar-refractivity contribution < 1.29 is 13.2 Å². The fourth-order valence-electron chi connectivity index (χ4n) is 3.73. The first kappa shape index (κ1) is 22.4. The van der Waals surface area contributed by atoms with Crippen LogP contribution < -0.4 is 14.5 Å². The van der Waals surface area contributed by atoms with Crippen molar-refractivity contribution in [2.24, 2.45) is 0 Å². The number of benzene rings is 3. The number of sulfonamides is 1. The molecule has 0 aromatic heterocycles. The first-order valence-electron chi connectivity index (χ1n) is 10.4. The van der Waals surface area contributed by atoms with Gasteiger partial charge in [0.2, 0.25) is 5.91 Å². The second-order valence-electron chi connectivity index (χ2n) is 7.59. The van der Waals surface area contributed by atoms with Gasteiger partial charge in [0.25, 0.3) is 10.0 Å². The first-order valence-corrected chi connectivity index (χ1v) is 12.6. The van der Waals surface area contributed by atoms with Gasteiger partial charge in [-0.1, -0.05) is 40.2 Å². The van der Waals surface area contributed by atoms with Crippen LogP contribution in [0.5, 0.6) is 0 Å². The van der Waals surface area contributed by atoms with E-state index in [1.54, 1.807) is 42.5 Å². The van der Waals surface area contributed by atoms with Crippen LogP contribution in [0.4, 0.5) is 17.1 Å². The molecule has 1 fully saturated rings. The van der Waals surface area contributed by atoms with E-state index in [-0.39, 0.29) is 11.4 Å². The quantitative estimate of drug-likeness (QED) is 0.488. The van der Waals surface area contributed by atoms with Crippen LogP contribution in [-0.2, 0) is 14.8 Å². The third-order valence-corrected chi connectivity index (χ3v) is 7.62. The Hall–Kier alpha value is -2.84. The number of hydrogen-bond donors (Lipinski definition) is 1. The monoisotopic (exact) mass is 513 g/mol. The van der Waals surface area contributed by atoms with E-state index in [2.05, 4.69) is 26.1 Å². The van der Waals surface area contributed by atoms with Crippen molar-refractivity contribution in [2.75, 3.05) is 34.2 Å². The summed E-state index contributed by atoms with van der Waals surface area (Å²) in [6.07, 6.45) is 2.39. The molecule has 1 N–H and O–H groups in total. The van der Waals surface area contributed by atoms with Crippen molar-refractivity contribution in [1.82, 2.24) is 0 Å². The van der Waals surface area contributed by atoms with Crippen molar-refractivity contribution in [3.63, 3.8) is 0 Å². The van der Waals surface area contributed by atoms with Crippen molar-refractivity contribution in [2.45, 2.75) is 17.7 Å². The highest BCUT2D eigenvalue weighted by molar-refractivity contribution is 9.10. The lowest BCUT2D eigenvalue weighted by molar-refractivity contribution is -0.114. The van der Waals surface area contributed by atoms with E-state index in [1.807, 2.05) is 24.3 Å². The minimum atomic E-state index is -3.93. The predicted octanol–water partition coefficient (Wildman–Crippen LogP) is 4.88. The molecule has 3 aromatic carbocycles. The van der Waals surface area contributed by atoms with E-state index in [1.165, 1.54) is 25.0 Å². The van der Waals surface area contributed by atoms with Gasteiger partial charge in [0, 0.05) is 28.9 Å². The number of rotatable bonds is 7. The van der Waals surface area contributed by atoms with Gasteiger partial charge in [-0.05, 0) is 67.4 Å². The van der Waals surface area contributed by atoms with Crippen LogP contribution >= 0.6 is 15.9 Å². The smallest absolute Gasteiger partial charge is 0.264 e. The highest BCUT2D eigenvalue weighted by Crippen LogP contribution is 2.27. The standard InChI is InChI=1S/C24H24BrN3O3S/c25-19-7-6-8-22(17-19)28(32(30,31)23-9-2-1-3-10-23)18-24(29)26-20-11-13-21(14-12-20)27-15-4-5-16-27/h1-3,6-14,17H,4-5,15-16,18H2,(H,26,29). The second kappa shape index (κ2) is 9.75. The molecule has 1 heterocycles. The number of anilines is 3. The average molecular weight is 514 g/mol. The zero-order valence-corrected chi connectivity index (χ0v) is 19.8. The highest BCUT2D eigenvalue weighted by Gasteiger charge is 2.27. The van der Waals surface area contributed by atoms with Crippen molar-refractivity contribution in [1.29, 1.82) is 0 Å². The number of carbonyl (C=O) groups excluding carboxylic acids is 1. The summed E-state index contributed by atoms with van der Waals surface area (Å²) < 4.78 is 28.5. The summed E-state index contributed by atoms with van der Waals surface area (Å²) >= 11 is 3.38. The molecule has 4 rings (SSSR count). The molecule has 0 bridgehead atoms. The number of carbonyl (C=O) groups is 1. The van der Waals surface area contributed by atoms with Crippen LogP contribution in [0.3, 0.4) is 0 Å². The Balaban J connectivity index is 1.55. The number of nitrogens with one attached hydrogen (secondary N) is 1. The molecular formula is C24H24BrN3O3S. The maximum atomic E-state index is 13.3. The lowest BCUT2D eigenvalue weighted by Crippen LogP contribution is -2.38. The summed E-state index contributed by atoms with van der Waals surface area (Å²) in [4.78, 5) is 15.3. The minimum absolute atomic E-state index is 0.128. The number of nitrogens with zero attached hydrogens (tertiary/aromatic N) is 2. The lowest BCUT2D eigenvalue weighted by atomic mass is 10.2. The number of amides is 1. The molecule has 1 aliphatic rings. The Morgan fingerprint density at radius 2 is 1.62 bits per heavy atom. The van der Waals surface area contributed by atoms with Gasteiger partial charge in [0.15, 0.2) is 0 Å². The summed E-state index contributed by atoms with van der Waals surface area (Å²) in [7, 11) is -3.93. The minimum Gasteiger partial charge on any atom is -0.372 e. The van der Waals surface area contributed by atoms with Crippen LogP contribution in [0.25, 0.3) is 0 Å². The Bertz CT molecular complexity index is 1180. The van der Waals surface area contributed by atoms with Crippen molar-refractivity contribution in [3.8, 4) is 0 Å². The van der Waals surface area contributed by atoms with E-state index in [9.17, 15) is 13.2 Å². The Labute approximate surface area is 197 Å². The Kier molecular flexibility index (Phi) is 6.81. The number of hydrogen-bond acceptors (Lipinski definition) is 4. The maximum Gasteiger partial charge on any atom is 0.264 e. The van der Waals surface area contributed by atoms with Gasteiger partial charge >= 0.3 is 0 Å². The summed E-state index contributed by atoms with van der Waals surface area (Å²) in [6, 6.07) is 22.7. The van der Waals surface area contributed by atoms with Crippen LogP contribution in [0.1, 0.15) is 12.8 Å². The van der Waals surface area contributed by atoms with E-state index in [0.717, 1.165) is 27.6 Å². The van der Waals surface area contributed by atoms with Gasteiger partial charge in [0.05, 0.1) is 10.6 Å². The van der Waals surface area contributed by atoms with Gasteiger partial charge in [-0.2, -0.15) is 0 Å². The molecule has 3 aromatic rings. The molecule has 166 valence electrons. The summed E-state index contributed by atoms with van der Waals surface area (Å²) in [5, 5.41) is 2.82. The Morgan fingerprint density at radius 3 is 2.28 bits per heavy atom. The van der Waals surface area contributed by atoms with Crippen LogP contribution in [0, 0.1) is 0 Å². The fraction of sp³-hybridized carbons (Fsp3) is 0.208. The maximum absolute atomic E-state index is 13.3. The number of halogens is 1. The molecule has 1 aliphatic heterocycles. The average Bonchev–Trinajstić information content (AvgIpc) is 3.33. The third kappa shape index (κ3) is 5.14. The molecule has 1 amide bonds. The van der Waals surface area contributed by atoms with Gasteiger partial charge in [0.1, 0.15) is 6.54 Å². The molecule has 8 heteroatoms. The molecule has 6 nitrogen and oxygen atoms in total. The first-order chi connectivity index (χ1) is 15.4. The molecule has 0 aliphatic carbocycles. The Morgan fingerprint density at radius 1 is 0.938 bits per heavy atom. The van der Waals surface area contributed by atoms with Gasteiger partial charge in [-0.3, -0.25) is 9.10 Å². The second-order valence-corrected chi connectivity index (χ2v) is 10.4. The predicted molar refractivity (Wildman–Crippen MR) is 132 cm³/mol. The molecule has 0 radical (unpaired) electrons. The van der Waals surface area contributed by atoms with E-state index >= 15 is 0 Å². The van der Waals surface area contributed by atoms with Crippen molar-refractivity contribution >= 4 is 48.9 Å². The SMILES string of the molecule is O=C(CN(c1cccc(Br)c1)S(=O)(=O)c1ccccc1)Nc1ccc(N2CCCC2)cc1. The summed E-state index contributed by atoms with van der Waals surface area (Å²) in [6.45, 7) is 1.75. The van der Waals surface area contributed by atoms with Gasteiger partial charge < -0.3 is 10.2 Å². The zero-order chi connectivity index (χ0) is 22.6. The lowest BCUT2D eigenvalue weighted by Gasteiger charge is -2.24. The van der Waals surface area contributed by atoms with Crippen molar-refractivity contribution in [3.05, 3.63) is 83.3 Å². The normalized spacial score (nSPS) is 13.7. The van der Waals surface area contributed by atoms with Gasteiger partial charge in [-0.25, -0.2) is 8.42 Å². The largest absolute Gasteiger partial charge is 0.372 e.